The molecule has 0 spiro atoms. The Morgan fingerprint density at radius 3 is 2.54 bits per heavy atom. The summed E-state index contributed by atoms with van der Waals surface area (Å²) in [6.45, 7) is 0.119. The smallest absolute Gasteiger partial charge is 0.334 e. The summed E-state index contributed by atoms with van der Waals surface area (Å²) < 4.78 is 4.66. The largest absolute Gasteiger partial charge is 0.467 e. The Morgan fingerprint density at radius 1 is 1.15 bits per heavy atom. The highest BCUT2D eigenvalue weighted by molar-refractivity contribution is 6.42. The lowest BCUT2D eigenvalue weighted by Crippen LogP contribution is -2.42. The van der Waals surface area contributed by atoms with E-state index in [1.807, 2.05) is 0 Å². The van der Waals surface area contributed by atoms with Crippen LogP contribution in [0.25, 0.3) is 0 Å². The third-order valence-corrected chi connectivity index (χ3v) is 4.02. The molecule has 6 nitrogen and oxygen atoms in total. The summed E-state index contributed by atoms with van der Waals surface area (Å²) in [6.07, 6.45) is 1.16. The number of esters is 1. The van der Waals surface area contributed by atoms with Crippen molar-refractivity contribution < 1.29 is 19.2 Å². The van der Waals surface area contributed by atoms with Gasteiger partial charge in [-0.3, -0.25) is 4.79 Å². The van der Waals surface area contributed by atoms with Gasteiger partial charge in [0.25, 0.3) is 5.91 Å². The molecule has 8 heteroatoms. The Kier molecular flexibility index (Phi) is 7.44. The van der Waals surface area contributed by atoms with Crippen LogP contribution in [-0.4, -0.2) is 31.2 Å². The predicted molar refractivity (Wildman–Crippen MR) is 99.5 cm³/mol. The van der Waals surface area contributed by atoms with E-state index < -0.39 is 17.9 Å². The second-order valence-corrected chi connectivity index (χ2v) is 5.93. The summed E-state index contributed by atoms with van der Waals surface area (Å²) in [4.78, 5) is 29.1. The zero-order valence-electron chi connectivity index (χ0n) is 13.8. The number of carbonyl (C=O) groups is 2. The number of ether oxygens (including phenoxy) is 1. The Bertz CT molecular complexity index is 797. The van der Waals surface area contributed by atoms with Crippen molar-refractivity contribution in [3.05, 3.63) is 69.7 Å². The molecule has 1 atom stereocenters. The number of hydrogen-bond acceptors (Lipinski definition) is 5. The summed E-state index contributed by atoms with van der Waals surface area (Å²) in [7, 11) is 1.22. The van der Waals surface area contributed by atoms with Crippen LogP contribution in [0.2, 0.25) is 10.0 Å². The van der Waals surface area contributed by atoms with E-state index >= 15 is 0 Å². The molecule has 1 N–H and O–H groups in total. The lowest BCUT2D eigenvalue weighted by molar-refractivity contribution is -0.140. The molecule has 0 heterocycles. The topological polar surface area (TPSA) is 77.0 Å². The maximum atomic E-state index is 12.2. The van der Waals surface area contributed by atoms with Gasteiger partial charge in [0.1, 0.15) is 6.61 Å². The summed E-state index contributed by atoms with van der Waals surface area (Å²) in [5.74, 6) is -1.10. The molecule has 1 amide bonds. The first-order valence-electron chi connectivity index (χ1n) is 7.54. The first-order valence-corrected chi connectivity index (χ1v) is 8.30. The molecule has 2 aromatic rings. The Labute approximate surface area is 160 Å². The van der Waals surface area contributed by atoms with E-state index in [1.54, 1.807) is 48.5 Å². The van der Waals surface area contributed by atoms with Crippen molar-refractivity contribution in [2.24, 2.45) is 5.16 Å². The van der Waals surface area contributed by atoms with Gasteiger partial charge in [0.2, 0.25) is 0 Å². The molecule has 0 radical (unpaired) electrons. The van der Waals surface area contributed by atoms with Gasteiger partial charge < -0.3 is 14.9 Å². The Hall–Kier alpha value is -2.57. The zero-order chi connectivity index (χ0) is 18.9. The molecule has 26 heavy (non-hydrogen) atoms. The fourth-order valence-electron chi connectivity index (χ4n) is 1.94. The second-order valence-electron chi connectivity index (χ2n) is 5.12. The highest BCUT2D eigenvalue weighted by Crippen LogP contribution is 2.22. The number of rotatable bonds is 7. The number of benzene rings is 2. The average Bonchev–Trinajstić information content (AvgIpc) is 2.66. The lowest BCUT2D eigenvalue weighted by Gasteiger charge is -2.12. The van der Waals surface area contributed by atoms with Gasteiger partial charge in [-0.15, -0.1) is 0 Å². The van der Waals surface area contributed by atoms with Crippen LogP contribution in [0.4, 0.5) is 0 Å². The van der Waals surface area contributed by atoms with Crippen LogP contribution in [0.1, 0.15) is 15.9 Å². The number of nitrogens with zero attached hydrogens (tertiary/aromatic N) is 1. The molecular formula is C18H16Cl2N2O4. The van der Waals surface area contributed by atoms with Crippen LogP contribution in [0, 0.1) is 0 Å². The minimum atomic E-state index is -1.08. The van der Waals surface area contributed by atoms with Gasteiger partial charge in [-0.1, -0.05) is 52.6 Å². The molecule has 0 aliphatic carbocycles. The Morgan fingerprint density at radius 2 is 1.88 bits per heavy atom. The first kappa shape index (κ1) is 19.8. The van der Waals surface area contributed by atoms with Gasteiger partial charge >= 0.3 is 5.97 Å². The van der Waals surface area contributed by atoms with E-state index in [4.69, 9.17) is 28.0 Å². The van der Waals surface area contributed by atoms with E-state index in [-0.39, 0.29) is 6.61 Å². The van der Waals surface area contributed by atoms with Crippen molar-refractivity contribution in [2.45, 2.75) is 12.6 Å². The maximum Gasteiger partial charge on any atom is 0.334 e. The number of hydrogen-bond donors (Lipinski definition) is 1. The highest BCUT2D eigenvalue weighted by atomic mass is 35.5. The molecule has 0 fully saturated rings. The highest BCUT2D eigenvalue weighted by Gasteiger charge is 2.20. The van der Waals surface area contributed by atoms with E-state index in [0.717, 1.165) is 11.8 Å². The monoisotopic (exact) mass is 394 g/mol. The zero-order valence-corrected chi connectivity index (χ0v) is 15.3. The van der Waals surface area contributed by atoms with Crippen molar-refractivity contribution in [1.29, 1.82) is 0 Å². The molecule has 0 bridgehead atoms. The van der Waals surface area contributed by atoms with Crippen LogP contribution in [0.15, 0.2) is 53.7 Å². The molecule has 0 saturated heterocycles. The van der Waals surface area contributed by atoms with Crippen molar-refractivity contribution in [1.82, 2.24) is 5.32 Å². The predicted octanol–water partition coefficient (Wildman–Crippen LogP) is 3.47. The third-order valence-electron chi connectivity index (χ3n) is 3.28. The van der Waals surface area contributed by atoms with Crippen LogP contribution in [0.5, 0.6) is 0 Å². The fraction of sp³-hybridized carbons (Fsp3) is 0.167. The minimum absolute atomic E-state index is 0.119. The van der Waals surface area contributed by atoms with Gasteiger partial charge in [0.05, 0.1) is 23.4 Å². The van der Waals surface area contributed by atoms with Gasteiger partial charge in [0, 0.05) is 5.56 Å². The van der Waals surface area contributed by atoms with E-state index in [0.29, 0.717) is 15.6 Å². The van der Waals surface area contributed by atoms with E-state index in [9.17, 15) is 9.59 Å². The van der Waals surface area contributed by atoms with Gasteiger partial charge in [0.15, 0.2) is 6.04 Å². The number of nitrogens with one attached hydrogen (secondary N) is 1. The van der Waals surface area contributed by atoms with Crippen molar-refractivity contribution >= 4 is 41.3 Å². The van der Waals surface area contributed by atoms with E-state index in [1.165, 1.54) is 7.11 Å². The average molecular weight is 395 g/mol. The molecule has 136 valence electrons. The SMILES string of the molecule is COC(=O)C(C=NOCc1ccc(Cl)c(Cl)c1)NC(=O)c1ccccc1. The minimum Gasteiger partial charge on any atom is -0.467 e. The van der Waals surface area contributed by atoms with Crippen LogP contribution in [-0.2, 0) is 21.0 Å². The number of methoxy groups -OCH3 is 1. The van der Waals surface area contributed by atoms with Crippen LogP contribution >= 0.6 is 23.2 Å². The molecule has 2 rings (SSSR count). The van der Waals surface area contributed by atoms with Crippen molar-refractivity contribution in [3.8, 4) is 0 Å². The normalized spacial score (nSPS) is 11.8. The fourth-order valence-corrected chi connectivity index (χ4v) is 2.26. The molecule has 1 unspecified atom stereocenters. The summed E-state index contributed by atoms with van der Waals surface area (Å²) >= 11 is 11.8. The van der Waals surface area contributed by atoms with E-state index in [2.05, 4.69) is 15.2 Å². The quantitative estimate of drug-likeness (QED) is 0.443. The standard InChI is InChI=1S/C18H16Cl2N2O4/c1-25-18(24)16(22-17(23)13-5-3-2-4-6-13)10-21-26-11-12-7-8-14(19)15(20)9-12/h2-10,16H,11H2,1H3,(H,22,23). The molecule has 0 saturated carbocycles. The molecule has 0 aliphatic heterocycles. The molecular weight excluding hydrogens is 379 g/mol. The third kappa shape index (κ3) is 5.75. The molecule has 0 aromatic heterocycles. The maximum absolute atomic E-state index is 12.2. The van der Waals surface area contributed by atoms with Crippen LogP contribution < -0.4 is 5.32 Å². The molecule has 0 aliphatic rings. The van der Waals surface area contributed by atoms with Gasteiger partial charge in [-0.25, -0.2) is 4.79 Å². The first-order chi connectivity index (χ1) is 12.5. The van der Waals surface area contributed by atoms with Crippen LogP contribution in [0.3, 0.4) is 0 Å². The van der Waals surface area contributed by atoms with Gasteiger partial charge in [-0.05, 0) is 29.8 Å². The summed E-state index contributed by atoms with van der Waals surface area (Å²) in [5, 5.41) is 7.08. The van der Waals surface area contributed by atoms with Crippen molar-refractivity contribution in [2.75, 3.05) is 7.11 Å². The lowest BCUT2D eigenvalue weighted by atomic mass is 10.2. The summed E-state index contributed by atoms with van der Waals surface area (Å²) in [5.41, 5.74) is 1.16. The Balaban J connectivity index is 1.96. The number of carbonyl (C=O) groups excluding carboxylic acids is 2. The molecule has 2 aromatic carbocycles. The number of oxime groups is 1. The second kappa shape index (κ2) is 9.79. The number of halogens is 2. The van der Waals surface area contributed by atoms with Crippen molar-refractivity contribution in [3.63, 3.8) is 0 Å². The van der Waals surface area contributed by atoms with Gasteiger partial charge in [-0.2, -0.15) is 0 Å². The number of amides is 1. The summed E-state index contributed by atoms with van der Waals surface area (Å²) in [6, 6.07) is 12.4.